The van der Waals surface area contributed by atoms with Gasteiger partial charge in [-0.2, -0.15) is 0 Å². The molecule has 0 saturated heterocycles. The molecule has 0 bridgehead atoms. The van der Waals surface area contributed by atoms with E-state index in [-0.39, 0.29) is 0 Å². The van der Waals surface area contributed by atoms with Crippen molar-refractivity contribution >= 4 is 11.4 Å². The van der Waals surface area contributed by atoms with Crippen LogP contribution in [-0.2, 0) is 12.8 Å². The van der Waals surface area contributed by atoms with Crippen LogP contribution in [0.1, 0.15) is 63.5 Å². The molecule has 2 rings (SSSR count). The lowest BCUT2D eigenvalue weighted by atomic mass is 10.0. The van der Waals surface area contributed by atoms with Crippen molar-refractivity contribution in [2.24, 2.45) is 0 Å². The number of aryl methyl sites for hydroxylation is 2. The summed E-state index contributed by atoms with van der Waals surface area (Å²) in [5, 5.41) is 7.14. The van der Waals surface area contributed by atoms with Crippen LogP contribution < -0.4 is 10.6 Å². The first-order chi connectivity index (χ1) is 12.3. The molecule has 2 heteroatoms. The van der Waals surface area contributed by atoms with Gasteiger partial charge in [0.15, 0.2) is 0 Å². The highest BCUT2D eigenvalue weighted by Crippen LogP contribution is 2.20. The fourth-order valence-corrected chi connectivity index (χ4v) is 3.19. The first kappa shape index (κ1) is 19.4. The SMILES string of the molecule is CCCCCc1ccccc1NCNc1ccccc1CCCCC. The highest BCUT2D eigenvalue weighted by Gasteiger charge is 2.03. The fourth-order valence-electron chi connectivity index (χ4n) is 3.19. The molecule has 136 valence electrons. The normalized spacial score (nSPS) is 10.6. The summed E-state index contributed by atoms with van der Waals surface area (Å²) in [6, 6.07) is 17.4. The lowest BCUT2D eigenvalue weighted by Crippen LogP contribution is -2.14. The molecule has 0 aliphatic rings. The first-order valence-corrected chi connectivity index (χ1v) is 9.98. The van der Waals surface area contributed by atoms with E-state index < -0.39 is 0 Å². The van der Waals surface area contributed by atoms with E-state index in [1.165, 1.54) is 61.0 Å². The lowest BCUT2D eigenvalue weighted by Gasteiger charge is -2.15. The van der Waals surface area contributed by atoms with E-state index in [4.69, 9.17) is 0 Å². The molecule has 0 aromatic heterocycles. The molecule has 0 radical (unpaired) electrons. The Morgan fingerprint density at radius 3 is 1.48 bits per heavy atom. The zero-order valence-corrected chi connectivity index (χ0v) is 16.0. The van der Waals surface area contributed by atoms with Crippen LogP contribution in [0.3, 0.4) is 0 Å². The van der Waals surface area contributed by atoms with E-state index in [2.05, 4.69) is 73.0 Å². The molecule has 0 fully saturated rings. The van der Waals surface area contributed by atoms with Gasteiger partial charge in [0.2, 0.25) is 0 Å². The summed E-state index contributed by atoms with van der Waals surface area (Å²) in [6.07, 6.45) is 9.99. The second-order valence-electron chi connectivity index (χ2n) is 6.76. The van der Waals surface area contributed by atoms with Crippen LogP contribution in [0.5, 0.6) is 0 Å². The quantitative estimate of drug-likeness (QED) is 0.335. The molecule has 0 aliphatic carbocycles. The third-order valence-corrected chi connectivity index (χ3v) is 4.69. The summed E-state index contributed by atoms with van der Waals surface area (Å²) in [7, 11) is 0. The van der Waals surface area contributed by atoms with Crippen molar-refractivity contribution in [2.45, 2.75) is 65.2 Å². The third-order valence-electron chi connectivity index (χ3n) is 4.69. The molecule has 0 unspecified atom stereocenters. The largest absolute Gasteiger partial charge is 0.368 e. The number of benzene rings is 2. The Morgan fingerprint density at radius 2 is 1.04 bits per heavy atom. The first-order valence-electron chi connectivity index (χ1n) is 9.98. The zero-order chi connectivity index (χ0) is 17.7. The number of para-hydroxylation sites is 2. The van der Waals surface area contributed by atoms with Crippen molar-refractivity contribution in [3.63, 3.8) is 0 Å². The maximum absolute atomic E-state index is 3.57. The van der Waals surface area contributed by atoms with Gasteiger partial charge >= 0.3 is 0 Å². The summed E-state index contributed by atoms with van der Waals surface area (Å²) in [6.45, 7) is 5.27. The second-order valence-corrected chi connectivity index (χ2v) is 6.76. The maximum Gasteiger partial charge on any atom is 0.0849 e. The number of hydrogen-bond donors (Lipinski definition) is 2. The highest BCUT2D eigenvalue weighted by atomic mass is 15.1. The molecule has 0 atom stereocenters. The van der Waals surface area contributed by atoms with Crippen LogP contribution in [0.15, 0.2) is 48.5 Å². The van der Waals surface area contributed by atoms with E-state index >= 15 is 0 Å². The Bertz CT molecular complexity index is 553. The molecule has 0 aliphatic heterocycles. The monoisotopic (exact) mass is 338 g/mol. The minimum Gasteiger partial charge on any atom is -0.368 e. The molecule has 2 nitrogen and oxygen atoms in total. The Morgan fingerprint density at radius 1 is 0.600 bits per heavy atom. The summed E-state index contributed by atoms with van der Waals surface area (Å²) >= 11 is 0. The fraction of sp³-hybridized carbons (Fsp3) is 0.478. The molecule has 2 N–H and O–H groups in total. The van der Waals surface area contributed by atoms with Crippen molar-refractivity contribution in [3.05, 3.63) is 59.7 Å². The van der Waals surface area contributed by atoms with Crippen LogP contribution in [0.2, 0.25) is 0 Å². The van der Waals surface area contributed by atoms with Crippen molar-refractivity contribution in [1.82, 2.24) is 0 Å². The van der Waals surface area contributed by atoms with Crippen molar-refractivity contribution < 1.29 is 0 Å². The minimum atomic E-state index is 0.760. The highest BCUT2D eigenvalue weighted by molar-refractivity contribution is 5.55. The van der Waals surface area contributed by atoms with Crippen LogP contribution in [0.25, 0.3) is 0 Å². The minimum absolute atomic E-state index is 0.760. The van der Waals surface area contributed by atoms with Crippen molar-refractivity contribution in [1.29, 1.82) is 0 Å². The van der Waals surface area contributed by atoms with Gasteiger partial charge in [0.25, 0.3) is 0 Å². The van der Waals surface area contributed by atoms with E-state index in [0.29, 0.717) is 0 Å². The number of unbranched alkanes of at least 4 members (excludes halogenated alkanes) is 4. The van der Waals surface area contributed by atoms with Crippen LogP contribution >= 0.6 is 0 Å². The molecular weight excluding hydrogens is 304 g/mol. The summed E-state index contributed by atoms with van der Waals surface area (Å²) in [5.41, 5.74) is 5.37. The Hall–Kier alpha value is -1.96. The van der Waals surface area contributed by atoms with Gasteiger partial charge in [-0.15, -0.1) is 0 Å². The molecule has 0 amide bonds. The maximum atomic E-state index is 3.57. The van der Waals surface area contributed by atoms with Crippen LogP contribution in [-0.4, -0.2) is 6.67 Å². The van der Waals surface area contributed by atoms with Gasteiger partial charge < -0.3 is 10.6 Å². The number of hydrogen-bond acceptors (Lipinski definition) is 2. The number of nitrogens with one attached hydrogen (secondary N) is 2. The summed E-state index contributed by atoms with van der Waals surface area (Å²) in [4.78, 5) is 0. The van der Waals surface area contributed by atoms with Crippen LogP contribution in [0, 0.1) is 0 Å². The van der Waals surface area contributed by atoms with E-state index in [0.717, 1.165) is 19.5 Å². The van der Waals surface area contributed by atoms with E-state index in [9.17, 15) is 0 Å². The standard InChI is InChI=1S/C23H34N2/c1-3-5-7-13-20-15-9-11-17-22(20)24-19-25-23-18-12-10-16-21(23)14-8-6-4-2/h9-12,15-18,24-25H,3-8,13-14,19H2,1-2H3. The molecule has 0 heterocycles. The van der Waals surface area contributed by atoms with E-state index in [1.807, 2.05) is 0 Å². The summed E-state index contributed by atoms with van der Waals surface area (Å²) in [5.74, 6) is 0. The Kier molecular flexibility index (Phi) is 8.96. The predicted molar refractivity (Wildman–Crippen MR) is 111 cm³/mol. The average molecular weight is 339 g/mol. The zero-order valence-electron chi connectivity index (χ0n) is 16.0. The molecule has 0 saturated carbocycles. The van der Waals surface area contributed by atoms with Gasteiger partial charge in [-0.25, -0.2) is 0 Å². The third kappa shape index (κ3) is 6.81. The lowest BCUT2D eigenvalue weighted by molar-refractivity contribution is 0.717. The Labute approximate surface area is 154 Å². The number of anilines is 2. The molecule has 2 aromatic rings. The van der Waals surface area contributed by atoms with Gasteiger partial charge in [0.05, 0.1) is 6.67 Å². The van der Waals surface area contributed by atoms with Gasteiger partial charge in [-0.05, 0) is 48.9 Å². The van der Waals surface area contributed by atoms with Crippen LogP contribution in [0.4, 0.5) is 11.4 Å². The summed E-state index contributed by atoms with van der Waals surface area (Å²) < 4.78 is 0. The smallest absolute Gasteiger partial charge is 0.0849 e. The van der Waals surface area contributed by atoms with Crippen molar-refractivity contribution in [2.75, 3.05) is 17.3 Å². The van der Waals surface area contributed by atoms with Gasteiger partial charge in [0.1, 0.15) is 0 Å². The molecule has 25 heavy (non-hydrogen) atoms. The van der Waals surface area contributed by atoms with Crippen molar-refractivity contribution in [3.8, 4) is 0 Å². The Balaban J connectivity index is 1.88. The average Bonchev–Trinajstić information content (AvgIpc) is 2.64. The predicted octanol–water partition coefficient (Wildman–Crippen LogP) is 6.63. The van der Waals surface area contributed by atoms with Gasteiger partial charge in [0, 0.05) is 11.4 Å². The van der Waals surface area contributed by atoms with Gasteiger partial charge in [-0.1, -0.05) is 75.9 Å². The number of rotatable bonds is 12. The molecule has 2 aromatic carbocycles. The van der Waals surface area contributed by atoms with E-state index in [1.54, 1.807) is 0 Å². The topological polar surface area (TPSA) is 24.1 Å². The second kappa shape index (κ2) is 11.6. The molecule has 0 spiro atoms. The molecular formula is C23H34N2. The van der Waals surface area contributed by atoms with Gasteiger partial charge in [-0.3, -0.25) is 0 Å².